The molecule has 0 bridgehead atoms. The minimum atomic E-state index is -0.266. The molecule has 0 spiro atoms. The van der Waals surface area contributed by atoms with Crippen molar-refractivity contribution in [2.24, 2.45) is 0 Å². The summed E-state index contributed by atoms with van der Waals surface area (Å²) in [5.41, 5.74) is 0. The average Bonchev–Trinajstić information content (AvgIpc) is 2.51. The van der Waals surface area contributed by atoms with Crippen molar-refractivity contribution < 1.29 is 5.11 Å². The number of hydrogen-bond acceptors (Lipinski definition) is 2. The van der Waals surface area contributed by atoms with Crippen LogP contribution in [0.25, 0.3) is 0 Å². The molecule has 1 rings (SSSR count). The first-order valence-corrected chi connectivity index (χ1v) is 5.19. The maximum atomic E-state index is 10.8. The van der Waals surface area contributed by atoms with Gasteiger partial charge in [-0.1, -0.05) is 11.8 Å². The molecule has 1 heterocycles. The fraction of sp³-hybridized carbons (Fsp3) is 0.667. The molecular weight excluding hydrogens is 184 g/mol. The molecule has 3 nitrogen and oxygen atoms in total. The highest BCUT2D eigenvalue weighted by atomic mass is 32.2. The van der Waals surface area contributed by atoms with Crippen LogP contribution in [0, 0.1) is 0 Å². The number of hydrogen-bond donors (Lipinski definition) is 0. The molecule has 73 valence electrons. The van der Waals surface area contributed by atoms with Gasteiger partial charge in [-0.15, -0.1) is 0 Å². The van der Waals surface area contributed by atoms with Gasteiger partial charge in [0.25, 0.3) is 0 Å². The van der Waals surface area contributed by atoms with Gasteiger partial charge in [-0.3, -0.25) is 0 Å². The molecule has 0 atom stereocenters. The van der Waals surface area contributed by atoms with Crippen LogP contribution in [0.4, 0.5) is 0 Å². The molecule has 4 heteroatoms. The van der Waals surface area contributed by atoms with Gasteiger partial charge in [-0.25, -0.2) is 10.1 Å². The van der Waals surface area contributed by atoms with E-state index >= 15 is 0 Å². The van der Waals surface area contributed by atoms with E-state index in [1.165, 1.54) is 0 Å². The number of aromatic nitrogens is 2. The van der Waals surface area contributed by atoms with E-state index in [1.807, 2.05) is 24.6 Å². The number of thioether (sulfide) groups is 1. The van der Waals surface area contributed by atoms with Gasteiger partial charge in [0, 0.05) is 23.7 Å². The van der Waals surface area contributed by atoms with Gasteiger partial charge in [0.1, 0.15) is 0 Å². The quantitative estimate of drug-likeness (QED) is 0.697. The van der Waals surface area contributed by atoms with Crippen molar-refractivity contribution in [1.82, 2.24) is 9.55 Å². The molecule has 1 aromatic heterocycles. The van der Waals surface area contributed by atoms with Gasteiger partial charge in [-0.05, 0) is 20.8 Å². The van der Waals surface area contributed by atoms with Gasteiger partial charge in [0.05, 0.1) is 6.61 Å². The molecule has 0 saturated heterocycles. The van der Waals surface area contributed by atoms with Crippen LogP contribution in [-0.2, 0) is 11.7 Å². The van der Waals surface area contributed by atoms with E-state index in [2.05, 4.69) is 11.9 Å². The van der Waals surface area contributed by atoms with Gasteiger partial charge in [0.2, 0.25) is 0 Å². The van der Waals surface area contributed by atoms with Crippen LogP contribution in [0.3, 0.4) is 0 Å². The summed E-state index contributed by atoms with van der Waals surface area (Å²) in [5, 5.41) is 11.8. The Kier molecular flexibility index (Phi) is 3.39. The van der Waals surface area contributed by atoms with E-state index in [0.29, 0.717) is 0 Å². The van der Waals surface area contributed by atoms with Crippen LogP contribution in [0.2, 0.25) is 0 Å². The maximum absolute atomic E-state index is 10.8. The third-order valence-corrected chi connectivity index (χ3v) is 2.93. The number of rotatable bonds is 4. The zero-order chi connectivity index (χ0) is 9.90. The third-order valence-electron chi connectivity index (χ3n) is 1.73. The second kappa shape index (κ2) is 4.15. The minimum absolute atomic E-state index is 0.0890. The van der Waals surface area contributed by atoms with Crippen molar-refractivity contribution >= 4 is 11.8 Å². The van der Waals surface area contributed by atoms with E-state index in [4.69, 9.17) is 0 Å². The number of aryl methyl sites for hydroxylation is 1. The molecule has 0 saturated carbocycles. The van der Waals surface area contributed by atoms with E-state index in [0.717, 1.165) is 11.7 Å². The second-order valence-electron chi connectivity index (χ2n) is 3.50. The maximum Gasteiger partial charge on any atom is 0.168 e. The number of nitrogens with zero attached hydrogens (tertiary/aromatic N) is 2. The molecule has 0 fully saturated rings. The molecule has 0 amide bonds. The van der Waals surface area contributed by atoms with E-state index in [9.17, 15) is 5.11 Å². The summed E-state index contributed by atoms with van der Waals surface area (Å²) in [7, 11) is 0. The topological polar surface area (TPSA) is 37.7 Å². The van der Waals surface area contributed by atoms with Crippen molar-refractivity contribution in [3.63, 3.8) is 0 Å². The molecule has 13 heavy (non-hydrogen) atoms. The summed E-state index contributed by atoms with van der Waals surface area (Å²) < 4.78 is 1.78. The Morgan fingerprint density at radius 1 is 1.62 bits per heavy atom. The van der Waals surface area contributed by atoms with Gasteiger partial charge >= 0.3 is 0 Å². The molecular formula is C9H15N2OS. The summed E-state index contributed by atoms with van der Waals surface area (Å²) in [5.74, 6) is 0. The van der Waals surface area contributed by atoms with Crippen molar-refractivity contribution in [3.05, 3.63) is 12.4 Å². The first kappa shape index (κ1) is 10.6. The zero-order valence-electron chi connectivity index (χ0n) is 8.28. The number of imidazole rings is 1. The summed E-state index contributed by atoms with van der Waals surface area (Å²) in [4.78, 5) is 4.21. The monoisotopic (exact) mass is 199 g/mol. The summed E-state index contributed by atoms with van der Waals surface area (Å²) in [6, 6.07) is 0. The van der Waals surface area contributed by atoms with Crippen LogP contribution in [0.15, 0.2) is 17.6 Å². The normalized spacial score (nSPS) is 12.0. The SMILES string of the molecule is CCn1ccnc1SC(C)(C)C[O]. The summed E-state index contributed by atoms with van der Waals surface area (Å²) in [6.45, 7) is 6.76. The van der Waals surface area contributed by atoms with Crippen molar-refractivity contribution in [3.8, 4) is 0 Å². The average molecular weight is 199 g/mol. The molecule has 0 aliphatic rings. The fourth-order valence-electron chi connectivity index (χ4n) is 0.918. The summed E-state index contributed by atoms with van der Waals surface area (Å²) in [6.07, 6.45) is 3.70. The van der Waals surface area contributed by atoms with Crippen LogP contribution < -0.4 is 0 Å². The minimum Gasteiger partial charge on any atom is -0.326 e. The lowest BCUT2D eigenvalue weighted by Crippen LogP contribution is -2.19. The van der Waals surface area contributed by atoms with E-state index in [1.54, 1.807) is 18.0 Å². The first-order valence-electron chi connectivity index (χ1n) is 4.37. The smallest absolute Gasteiger partial charge is 0.168 e. The van der Waals surface area contributed by atoms with Crippen LogP contribution in [0.1, 0.15) is 20.8 Å². The van der Waals surface area contributed by atoms with E-state index < -0.39 is 0 Å². The lowest BCUT2D eigenvalue weighted by atomic mass is 10.2. The lowest BCUT2D eigenvalue weighted by Gasteiger charge is -2.19. The molecule has 0 aliphatic carbocycles. The van der Waals surface area contributed by atoms with Gasteiger partial charge < -0.3 is 4.57 Å². The Hall–Kier alpha value is -0.480. The van der Waals surface area contributed by atoms with Crippen LogP contribution in [-0.4, -0.2) is 20.9 Å². The molecule has 1 aromatic rings. The Morgan fingerprint density at radius 2 is 2.31 bits per heavy atom. The molecule has 0 aliphatic heterocycles. The van der Waals surface area contributed by atoms with Crippen molar-refractivity contribution in [1.29, 1.82) is 0 Å². The summed E-state index contributed by atoms with van der Waals surface area (Å²) >= 11 is 1.54. The molecule has 0 aromatic carbocycles. The molecule has 0 unspecified atom stereocenters. The molecule has 0 N–H and O–H groups in total. The highest BCUT2D eigenvalue weighted by Gasteiger charge is 2.21. The predicted molar refractivity (Wildman–Crippen MR) is 53.4 cm³/mol. The van der Waals surface area contributed by atoms with E-state index in [-0.39, 0.29) is 11.4 Å². The Labute approximate surface area is 83.2 Å². The largest absolute Gasteiger partial charge is 0.326 e. The standard InChI is InChI=1S/C9H15N2OS/c1-4-11-6-5-10-8(11)13-9(2,3)7-12/h5-6H,4,7H2,1-3H3. The lowest BCUT2D eigenvalue weighted by molar-refractivity contribution is 0.171. The highest BCUT2D eigenvalue weighted by Crippen LogP contribution is 2.30. The van der Waals surface area contributed by atoms with Crippen molar-refractivity contribution in [2.75, 3.05) is 6.61 Å². The zero-order valence-corrected chi connectivity index (χ0v) is 9.10. The van der Waals surface area contributed by atoms with Crippen LogP contribution >= 0.6 is 11.8 Å². The Bertz CT molecular complexity index is 270. The molecule has 1 radical (unpaired) electrons. The first-order chi connectivity index (χ1) is 6.09. The van der Waals surface area contributed by atoms with Gasteiger partial charge in [0.15, 0.2) is 5.16 Å². The Balaban J connectivity index is 2.73. The predicted octanol–water partition coefficient (Wildman–Crippen LogP) is 2.20. The van der Waals surface area contributed by atoms with Gasteiger partial charge in [-0.2, -0.15) is 0 Å². The Morgan fingerprint density at radius 3 is 2.85 bits per heavy atom. The second-order valence-corrected chi connectivity index (χ2v) is 5.18. The third kappa shape index (κ3) is 2.74. The fourth-order valence-corrected chi connectivity index (χ4v) is 1.89. The highest BCUT2D eigenvalue weighted by molar-refractivity contribution is 8.00. The van der Waals surface area contributed by atoms with Crippen molar-refractivity contribution in [2.45, 2.75) is 37.2 Å². The van der Waals surface area contributed by atoms with Crippen LogP contribution in [0.5, 0.6) is 0 Å².